The maximum Gasteiger partial charge on any atom is 0.184 e. The van der Waals surface area contributed by atoms with Crippen LogP contribution in [0.3, 0.4) is 0 Å². The number of aliphatic hydroxyl groups excluding tert-OH is 1. The third-order valence-electron chi connectivity index (χ3n) is 3.80. The molecule has 0 saturated heterocycles. The number of aryl methyl sites for hydroxylation is 1. The van der Waals surface area contributed by atoms with Gasteiger partial charge in [-0.1, -0.05) is 36.4 Å². The van der Waals surface area contributed by atoms with Gasteiger partial charge in [-0.15, -0.1) is 5.10 Å². The minimum absolute atomic E-state index is 0.101. The minimum atomic E-state index is -3.21. The Bertz CT molecular complexity index is 1000. The maximum atomic E-state index is 13.6. The molecule has 0 aliphatic carbocycles. The molecule has 26 heavy (non-hydrogen) atoms. The van der Waals surface area contributed by atoms with E-state index < -0.39 is 21.8 Å². The van der Waals surface area contributed by atoms with E-state index in [1.165, 1.54) is 22.9 Å². The topological polar surface area (TPSA) is 85.1 Å². The molecule has 0 bridgehead atoms. The van der Waals surface area contributed by atoms with Crippen LogP contribution in [0, 0.1) is 5.82 Å². The summed E-state index contributed by atoms with van der Waals surface area (Å²) < 4.78 is 38.0. The van der Waals surface area contributed by atoms with Crippen molar-refractivity contribution in [2.75, 3.05) is 12.0 Å². The summed E-state index contributed by atoms with van der Waals surface area (Å²) in [4.78, 5) is 4.31. The van der Waals surface area contributed by atoms with Crippen molar-refractivity contribution >= 4 is 9.84 Å². The number of nitrogens with zero attached hydrogens (tertiary/aromatic N) is 3. The van der Waals surface area contributed by atoms with Gasteiger partial charge in [0, 0.05) is 12.7 Å². The van der Waals surface area contributed by atoms with Crippen LogP contribution in [0.4, 0.5) is 4.39 Å². The van der Waals surface area contributed by atoms with Crippen LogP contribution in [0.5, 0.6) is 0 Å². The van der Waals surface area contributed by atoms with Crippen LogP contribution < -0.4 is 0 Å². The predicted octanol–water partition coefficient (Wildman–Crippen LogP) is 2.08. The second-order valence-corrected chi connectivity index (χ2v) is 8.23. The zero-order valence-corrected chi connectivity index (χ0v) is 14.9. The molecule has 0 fully saturated rings. The van der Waals surface area contributed by atoms with Gasteiger partial charge in [-0.05, 0) is 23.8 Å². The van der Waals surface area contributed by atoms with Gasteiger partial charge in [0.1, 0.15) is 27.6 Å². The van der Waals surface area contributed by atoms with E-state index in [2.05, 4.69) is 10.1 Å². The first-order valence-corrected chi connectivity index (χ1v) is 10.0. The highest BCUT2D eigenvalue weighted by atomic mass is 32.2. The van der Waals surface area contributed by atoms with E-state index in [-0.39, 0.29) is 18.0 Å². The molecule has 0 radical (unpaired) electrons. The van der Waals surface area contributed by atoms with Crippen molar-refractivity contribution in [1.29, 1.82) is 0 Å². The molecule has 0 aliphatic rings. The second-order valence-electron chi connectivity index (χ2n) is 5.97. The number of rotatable bonds is 6. The number of hydrogen-bond acceptors (Lipinski definition) is 5. The summed E-state index contributed by atoms with van der Waals surface area (Å²) in [5.41, 5.74) is 1.02. The van der Waals surface area contributed by atoms with Crippen LogP contribution in [0.1, 0.15) is 23.3 Å². The fraction of sp³-hybridized carbons (Fsp3) is 0.222. The van der Waals surface area contributed by atoms with Gasteiger partial charge in [-0.3, -0.25) is 0 Å². The second kappa shape index (κ2) is 7.35. The van der Waals surface area contributed by atoms with Gasteiger partial charge in [0.2, 0.25) is 0 Å². The van der Waals surface area contributed by atoms with Crippen molar-refractivity contribution in [3.8, 4) is 5.69 Å². The highest BCUT2D eigenvalue weighted by Crippen LogP contribution is 2.21. The molecule has 1 aromatic heterocycles. The van der Waals surface area contributed by atoms with E-state index in [4.69, 9.17) is 0 Å². The van der Waals surface area contributed by atoms with E-state index in [1.54, 1.807) is 30.3 Å². The van der Waals surface area contributed by atoms with Crippen LogP contribution in [0.2, 0.25) is 0 Å². The van der Waals surface area contributed by atoms with Gasteiger partial charge in [0.25, 0.3) is 0 Å². The number of benzene rings is 2. The largest absolute Gasteiger partial charge is 0.380 e. The van der Waals surface area contributed by atoms with Crippen LogP contribution in [0.25, 0.3) is 5.69 Å². The first-order valence-electron chi connectivity index (χ1n) is 7.96. The van der Waals surface area contributed by atoms with Gasteiger partial charge in [0.05, 0.1) is 11.4 Å². The van der Waals surface area contributed by atoms with Crippen molar-refractivity contribution in [3.05, 3.63) is 77.6 Å². The monoisotopic (exact) mass is 375 g/mol. The van der Waals surface area contributed by atoms with E-state index in [0.717, 1.165) is 6.26 Å². The molecule has 0 unspecified atom stereocenters. The summed E-state index contributed by atoms with van der Waals surface area (Å²) in [5, 5.41) is 14.8. The molecule has 1 atom stereocenters. The molecule has 3 aromatic rings. The molecule has 1 heterocycles. The Hall–Kier alpha value is -2.58. The highest BCUT2D eigenvalue weighted by molar-refractivity contribution is 7.90. The van der Waals surface area contributed by atoms with Crippen LogP contribution in [-0.2, 0) is 16.3 Å². The average molecular weight is 375 g/mol. The van der Waals surface area contributed by atoms with Gasteiger partial charge in [0.15, 0.2) is 5.82 Å². The Labute approximate surface area is 150 Å². The normalized spacial score (nSPS) is 12.9. The molecular weight excluding hydrogens is 357 g/mol. The van der Waals surface area contributed by atoms with Crippen LogP contribution in [-0.4, -0.2) is 40.3 Å². The van der Waals surface area contributed by atoms with Gasteiger partial charge < -0.3 is 5.11 Å². The van der Waals surface area contributed by atoms with Crippen LogP contribution in [0.15, 0.2) is 54.6 Å². The minimum Gasteiger partial charge on any atom is -0.380 e. The van der Waals surface area contributed by atoms with Crippen molar-refractivity contribution in [2.24, 2.45) is 0 Å². The lowest BCUT2D eigenvalue weighted by Gasteiger charge is -2.06. The number of sulfone groups is 1. The molecule has 136 valence electrons. The van der Waals surface area contributed by atoms with Gasteiger partial charge in [-0.2, -0.15) is 0 Å². The number of aliphatic hydroxyl groups is 1. The molecular formula is C18H18FN3O3S. The van der Waals surface area contributed by atoms with Crippen LogP contribution >= 0.6 is 0 Å². The Kier molecular flexibility index (Phi) is 5.15. The Morgan fingerprint density at radius 1 is 1.15 bits per heavy atom. The number of hydrogen-bond donors (Lipinski definition) is 1. The summed E-state index contributed by atoms with van der Waals surface area (Å²) in [6, 6.07) is 14.6. The van der Waals surface area contributed by atoms with Gasteiger partial charge in [-0.25, -0.2) is 22.5 Å². The average Bonchev–Trinajstić information content (AvgIpc) is 3.04. The standard InChI is InChI=1S/C18H18FN3O3S/c1-26(24,25)11-10-16-20-18(17(23)13-6-3-2-4-7-13)21-22(16)15-9-5-8-14(19)12-15/h2-9,12,17,23H,10-11H2,1H3/t17-/m1/s1. The third kappa shape index (κ3) is 4.33. The Morgan fingerprint density at radius 3 is 2.54 bits per heavy atom. The fourth-order valence-electron chi connectivity index (χ4n) is 2.52. The van der Waals surface area contributed by atoms with E-state index >= 15 is 0 Å². The molecule has 0 amide bonds. The summed E-state index contributed by atoms with van der Waals surface area (Å²) in [7, 11) is -3.21. The fourth-order valence-corrected chi connectivity index (χ4v) is 3.07. The molecule has 2 aromatic carbocycles. The summed E-state index contributed by atoms with van der Waals surface area (Å²) in [6.07, 6.45) is 0.169. The lowest BCUT2D eigenvalue weighted by molar-refractivity contribution is 0.210. The molecule has 0 aliphatic heterocycles. The lowest BCUT2D eigenvalue weighted by Crippen LogP contribution is -2.11. The third-order valence-corrected chi connectivity index (χ3v) is 4.75. The molecule has 6 nitrogen and oxygen atoms in total. The summed E-state index contributed by atoms with van der Waals surface area (Å²) in [5.74, 6) is -0.103. The first kappa shape index (κ1) is 18.2. The van der Waals surface area contributed by atoms with E-state index in [1.807, 2.05) is 6.07 Å². The maximum absolute atomic E-state index is 13.6. The van der Waals surface area contributed by atoms with E-state index in [0.29, 0.717) is 17.1 Å². The molecule has 0 saturated carbocycles. The number of halogens is 1. The SMILES string of the molecule is CS(=O)(=O)CCc1nc([C@H](O)c2ccccc2)nn1-c1cccc(F)c1. The Morgan fingerprint density at radius 2 is 1.88 bits per heavy atom. The molecule has 3 rings (SSSR count). The van der Waals surface area contributed by atoms with Crippen molar-refractivity contribution in [1.82, 2.24) is 14.8 Å². The quantitative estimate of drug-likeness (QED) is 0.713. The zero-order valence-electron chi connectivity index (χ0n) is 14.1. The summed E-state index contributed by atoms with van der Waals surface area (Å²) >= 11 is 0. The van der Waals surface area contributed by atoms with E-state index in [9.17, 15) is 17.9 Å². The van der Waals surface area contributed by atoms with Crippen molar-refractivity contribution in [2.45, 2.75) is 12.5 Å². The number of aromatic nitrogens is 3. The lowest BCUT2D eigenvalue weighted by atomic mass is 10.1. The molecule has 0 spiro atoms. The molecule has 1 N–H and O–H groups in total. The van der Waals surface area contributed by atoms with Crippen molar-refractivity contribution in [3.63, 3.8) is 0 Å². The first-order chi connectivity index (χ1) is 12.3. The Balaban J connectivity index is 2.02. The zero-order chi connectivity index (χ0) is 18.7. The predicted molar refractivity (Wildman–Crippen MR) is 95.2 cm³/mol. The smallest absolute Gasteiger partial charge is 0.184 e. The van der Waals surface area contributed by atoms with Crippen molar-refractivity contribution < 1.29 is 17.9 Å². The highest BCUT2D eigenvalue weighted by Gasteiger charge is 2.20. The molecule has 8 heteroatoms. The summed E-state index contributed by atoms with van der Waals surface area (Å²) in [6.45, 7) is 0. The van der Waals surface area contributed by atoms with Gasteiger partial charge >= 0.3 is 0 Å².